The number of rotatable bonds is 5. The number of aryl methyl sites for hydroxylation is 2. The van der Waals surface area contributed by atoms with Crippen LogP contribution in [0.1, 0.15) is 74.6 Å². The topological polar surface area (TPSA) is 56.1 Å². The minimum atomic E-state index is -0.172. The Hall–Kier alpha value is -2.28. The second-order valence-corrected chi connectivity index (χ2v) is 8.00. The highest BCUT2D eigenvalue weighted by molar-refractivity contribution is 5.97. The summed E-state index contributed by atoms with van der Waals surface area (Å²) < 4.78 is 0. The van der Waals surface area contributed by atoms with Crippen molar-refractivity contribution in [2.75, 3.05) is 7.05 Å². The van der Waals surface area contributed by atoms with Gasteiger partial charge in [-0.25, -0.2) is 0 Å². The van der Waals surface area contributed by atoms with Gasteiger partial charge in [0.25, 0.3) is 5.91 Å². The Bertz CT molecular complexity index is 740. The van der Waals surface area contributed by atoms with Crippen LogP contribution in [0.25, 0.3) is 0 Å². The second kappa shape index (κ2) is 9.08. The van der Waals surface area contributed by atoms with E-state index in [1.54, 1.807) is 11.1 Å². The number of likely N-dealkylation sites (N-methyl/N-ethyl adjacent to an activating group) is 1. The van der Waals surface area contributed by atoms with Gasteiger partial charge in [-0.2, -0.15) is 5.26 Å². The Labute approximate surface area is 163 Å². The molecule has 1 aromatic carbocycles. The summed E-state index contributed by atoms with van der Waals surface area (Å²) in [7, 11) is 1.83. The molecule has 0 aromatic heterocycles. The van der Waals surface area contributed by atoms with Gasteiger partial charge in [0.15, 0.2) is 0 Å². The van der Waals surface area contributed by atoms with Crippen LogP contribution in [0.15, 0.2) is 30.0 Å². The summed E-state index contributed by atoms with van der Waals surface area (Å²) in [5.74, 6) is -0.172. The third kappa shape index (κ3) is 4.71. The molecular weight excluding hydrogens is 334 g/mol. The fourth-order valence-corrected chi connectivity index (χ4v) is 4.29. The average molecular weight is 366 g/mol. The second-order valence-electron chi connectivity index (χ2n) is 8.00. The van der Waals surface area contributed by atoms with Gasteiger partial charge in [0.2, 0.25) is 0 Å². The van der Waals surface area contributed by atoms with E-state index in [2.05, 4.69) is 36.5 Å². The van der Waals surface area contributed by atoms with E-state index >= 15 is 0 Å². The Morgan fingerprint density at radius 2 is 1.89 bits per heavy atom. The zero-order chi connectivity index (χ0) is 19.2. The molecule has 1 fully saturated rings. The molecule has 0 bridgehead atoms. The lowest BCUT2D eigenvalue weighted by molar-refractivity contribution is -0.128. The van der Waals surface area contributed by atoms with Gasteiger partial charge in [0, 0.05) is 25.3 Å². The van der Waals surface area contributed by atoms with Crippen molar-refractivity contribution in [1.82, 2.24) is 10.2 Å². The summed E-state index contributed by atoms with van der Waals surface area (Å²) in [4.78, 5) is 14.5. The maximum atomic E-state index is 12.7. The molecule has 2 aliphatic carbocycles. The Balaban J connectivity index is 1.65. The number of hydrogen-bond acceptors (Lipinski definition) is 3. The van der Waals surface area contributed by atoms with Crippen molar-refractivity contribution < 1.29 is 4.79 Å². The van der Waals surface area contributed by atoms with Gasteiger partial charge < -0.3 is 10.2 Å². The first-order chi connectivity index (χ1) is 13.1. The fraction of sp³-hybridized carbons (Fsp3) is 0.565. The molecule has 0 spiro atoms. The number of benzene rings is 1. The van der Waals surface area contributed by atoms with Gasteiger partial charge in [-0.15, -0.1) is 0 Å². The summed E-state index contributed by atoms with van der Waals surface area (Å²) in [5.41, 5.74) is 4.31. The van der Waals surface area contributed by atoms with Crippen molar-refractivity contribution in [3.63, 3.8) is 0 Å². The first kappa shape index (κ1) is 19.5. The number of carbonyl (C=O) groups excluding carboxylic acids is 1. The van der Waals surface area contributed by atoms with Crippen LogP contribution in [0.2, 0.25) is 0 Å². The molecule has 1 N–H and O–H groups in total. The molecule has 0 radical (unpaired) electrons. The molecule has 0 heterocycles. The molecule has 1 aromatic rings. The number of nitrogens with one attached hydrogen (secondary N) is 1. The van der Waals surface area contributed by atoms with Crippen LogP contribution < -0.4 is 5.32 Å². The van der Waals surface area contributed by atoms with E-state index in [4.69, 9.17) is 0 Å². The number of hydrogen-bond donors (Lipinski definition) is 1. The van der Waals surface area contributed by atoms with Gasteiger partial charge in [0.1, 0.15) is 11.6 Å². The molecule has 1 saturated carbocycles. The first-order valence-corrected chi connectivity index (χ1v) is 10.4. The van der Waals surface area contributed by atoms with Crippen LogP contribution in [0, 0.1) is 11.3 Å². The van der Waals surface area contributed by atoms with Gasteiger partial charge >= 0.3 is 0 Å². The number of nitriles is 1. The Morgan fingerprint density at radius 1 is 1.19 bits per heavy atom. The van der Waals surface area contributed by atoms with E-state index < -0.39 is 0 Å². The Morgan fingerprint density at radius 3 is 2.59 bits per heavy atom. The minimum absolute atomic E-state index is 0.0633. The number of amides is 1. The molecule has 144 valence electrons. The summed E-state index contributed by atoms with van der Waals surface area (Å²) >= 11 is 0. The maximum Gasteiger partial charge on any atom is 0.265 e. The molecule has 0 saturated heterocycles. The van der Waals surface area contributed by atoms with Crippen molar-refractivity contribution in [2.45, 2.75) is 76.8 Å². The van der Waals surface area contributed by atoms with E-state index in [0.717, 1.165) is 19.3 Å². The molecule has 1 atom stereocenters. The SMILES string of the molecule is CC(N/C=C(/C#N)C(=O)N(C)C1CCCCC1)c1ccc2c(c1)CCCC2. The lowest BCUT2D eigenvalue weighted by atomic mass is 9.89. The zero-order valence-corrected chi connectivity index (χ0v) is 16.6. The largest absolute Gasteiger partial charge is 0.383 e. The monoisotopic (exact) mass is 365 g/mol. The molecule has 1 amide bonds. The maximum absolute atomic E-state index is 12.7. The number of nitrogens with zero attached hydrogens (tertiary/aromatic N) is 2. The highest BCUT2D eigenvalue weighted by atomic mass is 16.2. The average Bonchev–Trinajstić information content (AvgIpc) is 2.73. The van der Waals surface area contributed by atoms with Crippen molar-refractivity contribution >= 4 is 5.91 Å². The normalized spacial score (nSPS) is 18.9. The van der Waals surface area contributed by atoms with Crippen LogP contribution in [0.4, 0.5) is 0 Å². The molecule has 4 nitrogen and oxygen atoms in total. The molecule has 1 unspecified atom stereocenters. The van der Waals surface area contributed by atoms with E-state index in [0.29, 0.717) is 0 Å². The highest BCUT2D eigenvalue weighted by Crippen LogP contribution is 2.25. The molecule has 27 heavy (non-hydrogen) atoms. The summed E-state index contributed by atoms with van der Waals surface area (Å²) in [6.45, 7) is 2.07. The van der Waals surface area contributed by atoms with Crippen LogP contribution in [0.3, 0.4) is 0 Å². The van der Waals surface area contributed by atoms with E-state index in [9.17, 15) is 10.1 Å². The van der Waals surface area contributed by atoms with Gasteiger partial charge in [-0.05, 0) is 62.1 Å². The smallest absolute Gasteiger partial charge is 0.265 e. The number of carbonyl (C=O) groups is 1. The summed E-state index contributed by atoms with van der Waals surface area (Å²) in [6, 6.07) is 9.09. The lowest BCUT2D eigenvalue weighted by Gasteiger charge is -2.31. The van der Waals surface area contributed by atoms with Crippen LogP contribution in [-0.4, -0.2) is 23.9 Å². The summed E-state index contributed by atoms with van der Waals surface area (Å²) in [5, 5.41) is 12.7. The first-order valence-electron chi connectivity index (χ1n) is 10.4. The van der Waals surface area contributed by atoms with Gasteiger partial charge in [-0.1, -0.05) is 37.5 Å². The fourth-order valence-electron chi connectivity index (χ4n) is 4.29. The molecule has 2 aliphatic rings. The van der Waals surface area contributed by atoms with Crippen molar-refractivity contribution in [3.05, 3.63) is 46.7 Å². The lowest BCUT2D eigenvalue weighted by Crippen LogP contribution is -2.39. The minimum Gasteiger partial charge on any atom is -0.383 e. The van der Waals surface area contributed by atoms with Crippen molar-refractivity contribution in [3.8, 4) is 6.07 Å². The van der Waals surface area contributed by atoms with Crippen molar-refractivity contribution in [1.29, 1.82) is 5.26 Å². The number of fused-ring (bicyclic) bond motifs is 1. The van der Waals surface area contributed by atoms with Crippen LogP contribution in [-0.2, 0) is 17.6 Å². The molecular formula is C23H31N3O. The predicted molar refractivity (Wildman–Crippen MR) is 108 cm³/mol. The quantitative estimate of drug-likeness (QED) is 0.621. The molecule has 3 rings (SSSR count). The van der Waals surface area contributed by atoms with Gasteiger partial charge in [0.05, 0.1) is 0 Å². The third-order valence-electron chi connectivity index (χ3n) is 6.14. The highest BCUT2D eigenvalue weighted by Gasteiger charge is 2.24. The Kier molecular flexibility index (Phi) is 6.55. The van der Waals surface area contributed by atoms with Crippen LogP contribution >= 0.6 is 0 Å². The zero-order valence-electron chi connectivity index (χ0n) is 16.6. The van der Waals surface area contributed by atoms with E-state index in [-0.39, 0.29) is 23.6 Å². The molecule has 4 heteroatoms. The van der Waals surface area contributed by atoms with Crippen LogP contribution in [0.5, 0.6) is 0 Å². The summed E-state index contributed by atoms with van der Waals surface area (Å²) in [6.07, 6.45) is 12.1. The third-order valence-corrected chi connectivity index (χ3v) is 6.14. The molecule has 0 aliphatic heterocycles. The van der Waals surface area contributed by atoms with E-state index in [1.807, 2.05) is 7.05 Å². The standard InChI is InChI=1S/C23H31N3O/c1-17(19-13-12-18-8-6-7-9-20(18)14-19)25-16-21(15-24)23(27)26(2)22-10-4-3-5-11-22/h12-14,16-17,22,25H,3-11H2,1-2H3/b21-16-. The van der Waals surface area contributed by atoms with Crippen molar-refractivity contribution in [2.24, 2.45) is 0 Å². The van der Waals surface area contributed by atoms with Gasteiger partial charge in [-0.3, -0.25) is 4.79 Å². The predicted octanol–water partition coefficient (Wildman–Crippen LogP) is 4.41. The van der Waals surface area contributed by atoms with E-state index in [1.165, 1.54) is 55.2 Å².